The molecule has 2 saturated heterocycles. The second kappa shape index (κ2) is 12.3. The summed E-state index contributed by atoms with van der Waals surface area (Å²) in [4.78, 5) is 22.6. The first-order valence-corrected chi connectivity index (χ1v) is 16.8. The van der Waals surface area contributed by atoms with Gasteiger partial charge in [0.1, 0.15) is 53.0 Å². The lowest BCUT2D eigenvalue weighted by atomic mass is 9.94. The van der Waals surface area contributed by atoms with E-state index >= 15 is 8.78 Å². The van der Waals surface area contributed by atoms with Crippen LogP contribution in [-0.2, 0) is 6.42 Å². The maximum atomic E-state index is 17.2. The van der Waals surface area contributed by atoms with Crippen molar-refractivity contribution in [1.29, 1.82) is 0 Å². The second-order valence-corrected chi connectivity index (χ2v) is 13.3. The fourth-order valence-electron chi connectivity index (χ4n) is 8.02. The van der Waals surface area contributed by atoms with Crippen LogP contribution in [0, 0.1) is 11.6 Å². The Hall–Kier alpha value is -5.17. The zero-order chi connectivity index (χ0) is 34.7. The molecule has 50 heavy (non-hydrogen) atoms. The number of ether oxygens (including phenoxy) is 2. The molecule has 258 valence electrons. The van der Waals surface area contributed by atoms with E-state index in [9.17, 15) is 9.50 Å². The number of halogens is 3. The van der Waals surface area contributed by atoms with Gasteiger partial charge in [0.15, 0.2) is 5.82 Å². The van der Waals surface area contributed by atoms with Gasteiger partial charge in [-0.2, -0.15) is 9.97 Å². The molecule has 0 aliphatic carbocycles. The molecule has 2 aromatic carbocycles. The minimum Gasteiger partial charge on any atom is -0.508 e. The van der Waals surface area contributed by atoms with Crippen molar-refractivity contribution in [2.75, 3.05) is 43.5 Å². The molecule has 3 aliphatic rings. The van der Waals surface area contributed by atoms with Gasteiger partial charge in [-0.1, -0.05) is 19.1 Å². The number of anilines is 2. The molecule has 3 aromatic heterocycles. The summed E-state index contributed by atoms with van der Waals surface area (Å²) < 4.78 is 58.5. The number of aryl methyl sites for hydroxylation is 1. The van der Waals surface area contributed by atoms with Crippen LogP contribution < -0.4 is 20.1 Å². The number of pyridine rings is 2. The van der Waals surface area contributed by atoms with Gasteiger partial charge in [0.25, 0.3) is 0 Å². The summed E-state index contributed by atoms with van der Waals surface area (Å²) in [5, 5.41) is 11.9. The number of nitrogens with two attached hydrogens (primary N) is 1. The molecule has 0 bridgehead atoms. The molecule has 3 N–H and O–H groups in total. The number of hydrogen-bond donors (Lipinski definition) is 2. The van der Waals surface area contributed by atoms with Crippen molar-refractivity contribution in [2.24, 2.45) is 0 Å². The molecule has 0 amide bonds. The van der Waals surface area contributed by atoms with E-state index in [-0.39, 0.29) is 59.1 Å². The summed E-state index contributed by atoms with van der Waals surface area (Å²) in [5.74, 6) is -0.608. The topological polar surface area (TPSA) is 123 Å². The normalized spacial score (nSPS) is 20.3. The Morgan fingerprint density at radius 2 is 2.00 bits per heavy atom. The molecule has 2 unspecified atom stereocenters. The molecule has 8 rings (SSSR count). The van der Waals surface area contributed by atoms with Crippen LogP contribution in [-0.4, -0.2) is 68.3 Å². The van der Waals surface area contributed by atoms with Crippen molar-refractivity contribution < 1.29 is 27.8 Å². The van der Waals surface area contributed by atoms with Gasteiger partial charge in [0.2, 0.25) is 5.88 Å². The van der Waals surface area contributed by atoms with Crippen molar-refractivity contribution in [3.8, 4) is 28.9 Å². The number of aromatic hydroxyl groups is 1. The van der Waals surface area contributed by atoms with Crippen LogP contribution in [0.15, 0.2) is 54.5 Å². The zero-order valence-corrected chi connectivity index (χ0v) is 27.7. The first-order chi connectivity index (χ1) is 24.2. The van der Waals surface area contributed by atoms with Gasteiger partial charge in [0, 0.05) is 23.9 Å². The Bertz CT molecular complexity index is 2200. The van der Waals surface area contributed by atoms with E-state index in [1.165, 1.54) is 18.2 Å². The SMILES string of the molecule is CCc1c(F)ccc2cc(O)cc(-c3nc4c5c(nc(OCC67CCCN6C/C(=C\F)C7)nc5c3F)N(C(C)c3cccnc3N)CCO4)c12. The number of rotatable bonds is 7. The van der Waals surface area contributed by atoms with Crippen LogP contribution in [0.3, 0.4) is 0 Å². The van der Waals surface area contributed by atoms with E-state index in [0.717, 1.165) is 24.9 Å². The molecule has 0 radical (unpaired) electrons. The third-order valence-electron chi connectivity index (χ3n) is 10.4. The van der Waals surface area contributed by atoms with Crippen LogP contribution in [0.1, 0.15) is 50.3 Å². The highest BCUT2D eigenvalue weighted by atomic mass is 19.1. The predicted molar refractivity (Wildman–Crippen MR) is 184 cm³/mol. The predicted octanol–water partition coefficient (Wildman–Crippen LogP) is 6.80. The van der Waals surface area contributed by atoms with Crippen LogP contribution in [0.2, 0.25) is 0 Å². The summed E-state index contributed by atoms with van der Waals surface area (Å²) in [5.41, 5.74) is 7.63. The van der Waals surface area contributed by atoms with E-state index in [2.05, 4.69) is 19.9 Å². The largest absolute Gasteiger partial charge is 0.508 e. The van der Waals surface area contributed by atoms with Crippen molar-refractivity contribution in [1.82, 2.24) is 24.8 Å². The second-order valence-electron chi connectivity index (χ2n) is 13.3. The minimum atomic E-state index is -0.807. The van der Waals surface area contributed by atoms with Crippen molar-refractivity contribution >= 4 is 33.3 Å². The number of nitrogen functional groups attached to an aromatic ring is 1. The van der Waals surface area contributed by atoms with Crippen LogP contribution in [0.4, 0.5) is 24.8 Å². The van der Waals surface area contributed by atoms with Crippen molar-refractivity contribution in [3.05, 3.63) is 77.3 Å². The minimum absolute atomic E-state index is 0.0623. The summed E-state index contributed by atoms with van der Waals surface area (Å²) >= 11 is 0. The van der Waals surface area contributed by atoms with E-state index in [1.807, 2.05) is 24.8 Å². The number of benzene rings is 2. The van der Waals surface area contributed by atoms with E-state index < -0.39 is 17.2 Å². The van der Waals surface area contributed by atoms with E-state index in [0.29, 0.717) is 65.8 Å². The first-order valence-electron chi connectivity index (χ1n) is 16.8. The highest BCUT2D eigenvalue weighted by Crippen LogP contribution is 2.45. The van der Waals surface area contributed by atoms with Gasteiger partial charge in [-0.05, 0) is 85.3 Å². The fraction of sp³-hybridized carbons (Fsp3) is 0.351. The highest BCUT2D eigenvalue weighted by Gasteiger charge is 2.47. The smallest absolute Gasteiger partial charge is 0.319 e. The molecule has 0 spiro atoms. The lowest BCUT2D eigenvalue weighted by Gasteiger charge is -2.32. The number of aromatic nitrogens is 4. The number of nitrogens with zero attached hydrogens (tertiary/aromatic N) is 6. The quantitative estimate of drug-likeness (QED) is 0.189. The van der Waals surface area contributed by atoms with E-state index in [4.69, 9.17) is 20.2 Å². The monoisotopic (exact) mass is 683 g/mol. The molecule has 13 heteroatoms. The summed E-state index contributed by atoms with van der Waals surface area (Å²) in [6.07, 6.45) is 4.90. The fourth-order valence-corrected chi connectivity index (χ4v) is 8.02. The molecule has 2 atom stereocenters. The number of hydrogen-bond acceptors (Lipinski definition) is 10. The first kappa shape index (κ1) is 32.1. The molecular formula is C37H36F3N7O3. The Kier molecular flexibility index (Phi) is 7.89. The Morgan fingerprint density at radius 1 is 1.14 bits per heavy atom. The third-order valence-corrected chi connectivity index (χ3v) is 10.4. The van der Waals surface area contributed by atoms with E-state index in [1.54, 1.807) is 18.3 Å². The number of phenols is 1. The number of fused-ring (bicyclic) bond motifs is 2. The molecule has 2 fully saturated rings. The molecule has 10 nitrogen and oxygen atoms in total. The van der Waals surface area contributed by atoms with Gasteiger partial charge < -0.3 is 25.2 Å². The van der Waals surface area contributed by atoms with Gasteiger partial charge >= 0.3 is 6.01 Å². The maximum Gasteiger partial charge on any atom is 0.319 e. The molecule has 5 aromatic rings. The Labute approximate surface area is 286 Å². The zero-order valence-electron chi connectivity index (χ0n) is 27.7. The van der Waals surface area contributed by atoms with Crippen molar-refractivity contribution in [3.63, 3.8) is 0 Å². The Balaban J connectivity index is 1.33. The highest BCUT2D eigenvalue weighted by molar-refractivity contribution is 6.03. The standard InChI is InChI=1S/C37H36F3N7O3/c1-3-24-27(39)8-7-22-14-23(48)15-26(28(22)24)31-30(40)32-29-34(45-36(44-32)50-19-37-9-5-11-46(37)18-21(16-37)17-38)47(12-13-49-35(29)43-31)20(2)25-6-4-10-42-33(25)41/h4,6-8,10,14-15,17,20,48H,3,5,9,11-13,16,18-19H2,1-2H3,(H2,41,42)/b21-17-. The number of phenolic OH excluding ortho intramolecular Hbond substituents is 1. The van der Waals surface area contributed by atoms with Crippen LogP contribution >= 0.6 is 0 Å². The molecular weight excluding hydrogens is 647 g/mol. The maximum absolute atomic E-state index is 17.2. The molecule has 6 heterocycles. The molecule has 3 aliphatic heterocycles. The third kappa shape index (κ3) is 5.13. The summed E-state index contributed by atoms with van der Waals surface area (Å²) in [6.45, 7) is 5.79. The van der Waals surface area contributed by atoms with Gasteiger partial charge in [0.05, 0.1) is 24.5 Å². The average Bonchev–Trinajstić information content (AvgIpc) is 3.60. The van der Waals surface area contributed by atoms with Crippen molar-refractivity contribution in [2.45, 2.75) is 51.1 Å². The van der Waals surface area contributed by atoms with Gasteiger partial charge in [-0.15, -0.1) is 0 Å². The van der Waals surface area contributed by atoms with Crippen LogP contribution in [0.25, 0.3) is 32.9 Å². The summed E-state index contributed by atoms with van der Waals surface area (Å²) in [6, 6.07) is 9.01. The van der Waals surface area contributed by atoms with Gasteiger partial charge in [-0.25, -0.2) is 23.1 Å². The van der Waals surface area contributed by atoms with Gasteiger partial charge in [-0.3, -0.25) is 4.90 Å². The molecule has 0 saturated carbocycles. The summed E-state index contributed by atoms with van der Waals surface area (Å²) in [7, 11) is 0. The average molecular weight is 684 g/mol. The van der Waals surface area contributed by atoms with Crippen LogP contribution in [0.5, 0.6) is 17.6 Å². The lowest BCUT2D eigenvalue weighted by molar-refractivity contribution is 0.108. The lowest BCUT2D eigenvalue weighted by Crippen LogP contribution is -2.43. The Morgan fingerprint density at radius 3 is 2.80 bits per heavy atom.